The van der Waals surface area contributed by atoms with E-state index in [9.17, 15) is 9.90 Å². The molecule has 7 nitrogen and oxygen atoms in total. The standard InChI is InChI=1S/C22H22FN5O2/c23-21(28-9-8-17(28)12-29)20(27-16-4-2-1-3-5-16)19(22(24)30)14-6-7-18-15(10-14)11-25-13-26-18/h1-7,10-11,13,17,21,27,29H,8-9,12H2,(H2,24,30). The third-order valence-electron chi connectivity index (χ3n) is 5.29. The highest BCUT2D eigenvalue weighted by Gasteiger charge is 2.37. The molecule has 2 unspecified atom stereocenters. The van der Waals surface area contributed by atoms with Crippen LogP contribution in [-0.4, -0.2) is 51.4 Å². The average molecular weight is 407 g/mol. The highest BCUT2D eigenvalue weighted by molar-refractivity contribution is 6.20. The van der Waals surface area contributed by atoms with Crippen molar-refractivity contribution in [2.45, 2.75) is 18.8 Å². The zero-order chi connectivity index (χ0) is 21.1. The Morgan fingerprint density at radius 2 is 2.10 bits per heavy atom. The van der Waals surface area contributed by atoms with E-state index >= 15 is 4.39 Å². The van der Waals surface area contributed by atoms with Gasteiger partial charge in [-0.3, -0.25) is 9.69 Å². The lowest BCUT2D eigenvalue weighted by Gasteiger charge is -2.42. The molecule has 4 N–H and O–H groups in total. The van der Waals surface area contributed by atoms with Crippen molar-refractivity contribution in [1.82, 2.24) is 14.9 Å². The van der Waals surface area contributed by atoms with Crippen molar-refractivity contribution in [1.29, 1.82) is 0 Å². The number of alkyl halides is 1. The van der Waals surface area contributed by atoms with Crippen LogP contribution in [0.5, 0.6) is 0 Å². The van der Waals surface area contributed by atoms with Gasteiger partial charge < -0.3 is 16.2 Å². The molecule has 154 valence electrons. The minimum atomic E-state index is -1.64. The fourth-order valence-corrected chi connectivity index (χ4v) is 3.61. The van der Waals surface area contributed by atoms with Gasteiger partial charge in [-0.1, -0.05) is 24.3 Å². The van der Waals surface area contributed by atoms with Crippen LogP contribution < -0.4 is 11.1 Å². The molecule has 0 radical (unpaired) electrons. The summed E-state index contributed by atoms with van der Waals surface area (Å²) in [7, 11) is 0. The van der Waals surface area contributed by atoms with Gasteiger partial charge in [-0.15, -0.1) is 0 Å². The third kappa shape index (κ3) is 3.87. The number of carbonyl (C=O) groups excluding carboxylic acids is 1. The molecule has 2 aromatic carbocycles. The zero-order valence-electron chi connectivity index (χ0n) is 16.2. The summed E-state index contributed by atoms with van der Waals surface area (Å²) in [6.45, 7) is 0.322. The third-order valence-corrected chi connectivity index (χ3v) is 5.29. The second kappa shape index (κ2) is 8.56. The number of benzene rings is 2. The predicted molar refractivity (Wildman–Crippen MR) is 113 cm³/mol. The summed E-state index contributed by atoms with van der Waals surface area (Å²) in [4.78, 5) is 22.2. The van der Waals surface area contributed by atoms with E-state index < -0.39 is 12.2 Å². The number of halogens is 1. The number of hydrogen-bond donors (Lipinski definition) is 3. The molecule has 0 bridgehead atoms. The summed E-state index contributed by atoms with van der Waals surface area (Å²) in [5.41, 5.74) is 7.61. The van der Waals surface area contributed by atoms with Crippen molar-refractivity contribution in [3.05, 3.63) is 72.3 Å². The molecule has 1 amide bonds. The molecule has 1 aliphatic rings. The van der Waals surface area contributed by atoms with Crippen LogP contribution in [-0.2, 0) is 4.79 Å². The molecular formula is C22H22FN5O2. The number of nitrogens with one attached hydrogen (secondary N) is 1. The lowest BCUT2D eigenvalue weighted by atomic mass is 9.97. The minimum absolute atomic E-state index is 0.0423. The Balaban J connectivity index is 1.85. The molecule has 0 spiro atoms. The number of hydrogen-bond acceptors (Lipinski definition) is 6. The first-order valence-electron chi connectivity index (χ1n) is 9.65. The van der Waals surface area contributed by atoms with Gasteiger partial charge in [0.25, 0.3) is 5.91 Å². The smallest absolute Gasteiger partial charge is 0.251 e. The molecule has 4 rings (SSSR count). The van der Waals surface area contributed by atoms with Crippen molar-refractivity contribution in [2.75, 3.05) is 18.5 Å². The van der Waals surface area contributed by atoms with Crippen LogP contribution in [0.15, 0.2) is 66.8 Å². The minimum Gasteiger partial charge on any atom is -0.395 e. The lowest BCUT2D eigenvalue weighted by Crippen LogP contribution is -2.55. The molecule has 30 heavy (non-hydrogen) atoms. The van der Waals surface area contributed by atoms with Gasteiger partial charge in [-0.2, -0.15) is 0 Å². The number of fused-ring (bicyclic) bond motifs is 1. The van der Waals surface area contributed by atoms with Crippen molar-refractivity contribution < 1.29 is 14.3 Å². The fourth-order valence-electron chi connectivity index (χ4n) is 3.61. The molecule has 2 atom stereocenters. The van der Waals surface area contributed by atoms with Crippen LogP contribution >= 0.6 is 0 Å². The average Bonchev–Trinajstić information content (AvgIpc) is 2.73. The van der Waals surface area contributed by atoms with Gasteiger partial charge in [0.05, 0.1) is 23.4 Å². The Bertz CT molecular complexity index is 1090. The number of rotatable bonds is 7. The maximum Gasteiger partial charge on any atom is 0.251 e. The Labute approximate surface area is 173 Å². The maximum absolute atomic E-state index is 15.7. The summed E-state index contributed by atoms with van der Waals surface area (Å²) in [6, 6.07) is 13.9. The van der Waals surface area contributed by atoms with Crippen LogP contribution in [0.2, 0.25) is 0 Å². The number of para-hydroxylation sites is 1. The molecule has 1 aliphatic heterocycles. The first-order chi connectivity index (χ1) is 14.6. The highest BCUT2D eigenvalue weighted by atomic mass is 19.1. The molecule has 8 heteroatoms. The van der Waals surface area contributed by atoms with E-state index in [1.54, 1.807) is 36.5 Å². The number of nitrogens with zero attached hydrogens (tertiary/aromatic N) is 3. The molecule has 0 aliphatic carbocycles. The van der Waals surface area contributed by atoms with Crippen LogP contribution in [0.4, 0.5) is 10.1 Å². The maximum atomic E-state index is 15.7. The predicted octanol–water partition coefficient (Wildman–Crippen LogP) is 2.30. The lowest BCUT2D eigenvalue weighted by molar-refractivity contribution is -0.112. The van der Waals surface area contributed by atoms with E-state index in [2.05, 4.69) is 15.3 Å². The summed E-state index contributed by atoms with van der Waals surface area (Å²) in [5, 5.41) is 13.3. The second-order valence-corrected chi connectivity index (χ2v) is 7.14. The van der Waals surface area contributed by atoms with Gasteiger partial charge in [0.2, 0.25) is 0 Å². The number of aromatic nitrogens is 2. The van der Waals surface area contributed by atoms with Crippen LogP contribution in [0.25, 0.3) is 16.5 Å². The number of aliphatic hydroxyl groups excluding tert-OH is 1. The number of carbonyl (C=O) groups is 1. The summed E-state index contributed by atoms with van der Waals surface area (Å²) in [5.74, 6) is -0.756. The normalized spacial score (nSPS) is 18.4. The molecule has 1 fully saturated rings. The molecule has 3 aromatic rings. The second-order valence-electron chi connectivity index (χ2n) is 7.14. The SMILES string of the molecule is NC(=O)C(=C(Nc1ccccc1)C(F)N1CCC1CO)c1ccc2ncncc2c1. The van der Waals surface area contributed by atoms with E-state index in [1.807, 2.05) is 18.2 Å². The van der Waals surface area contributed by atoms with E-state index in [0.717, 1.165) is 0 Å². The number of nitrogens with two attached hydrogens (primary N) is 1. The Morgan fingerprint density at radius 3 is 2.77 bits per heavy atom. The van der Waals surface area contributed by atoms with Gasteiger partial charge in [0.1, 0.15) is 6.33 Å². The molecule has 1 saturated heterocycles. The van der Waals surface area contributed by atoms with Gasteiger partial charge in [0.15, 0.2) is 6.30 Å². The largest absolute Gasteiger partial charge is 0.395 e. The zero-order valence-corrected chi connectivity index (χ0v) is 16.2. The van der Waals surface area contributed by atoms with Crippen molar-refractivity contribution in [3.63, 3.8) is 0 Å². The number of aliphatic hydroxyl groups is 1. The van der Waals surface area contributed by atoms with Crippen LogP contribution in [0.1, 0.15) is 12.0 Å². The van der Waals surface area contributed by atoms with E-state index in [0.29, 0.717) is 35.1 Å². The number of likely N-dealkylation sites (tertiary alicyclic amines) is 1. The highest BCUT2D eigenvalue weighted by Crippen LogP contribution is 2.31. The fraction of sp³-hybridized carbons (Fsp3) is 0.227. The number of amides is 1. The van der Waals surface area contributed by atoms with Gasteiger partial charge >= 0.3 is 0 Å². The molecular weight excluding hydrogens is 385 g/mol. The Hall–Kier alpha value is -3.36. The number of primary amides is 1. The van der Waals surface area contributed by atoms with Crippen molar-refractivity contribution >= 4 is 28.1 Å². The van der Waals surface area contributed by atoms with Crippen LogP contribution in [0, 0.1) is 0 Å². The van der Waals surface area contributed by atoms with Gasteiger partial charge in [-0.05, 0) is 36.2 Å². The molecule has 1 aromatic heterocycles. The summed E-state index contributed by atoms with van der Waals surface area (Å²) in [6.07, 6.45) is 2.11. The summed E-state index contributed by atoms with van der Waals surface area (Å²) >= 11 is 0. The number of anilines is 1. The summed E-state index contributed by atoms with van der Waals surface area (Å²) < 4.78 is 15.7. The Kier molecular flexibility index (Phi) is 5.69. The van der Waals surface area contributed by atoms with E-state index in [4.69, 9.17) is 5.73 Å². The quantitative estimate of drug-likeness (QED) is 0.410. The monoisotopic (exact) mass is 407 g/mol. The van der Waals surface area contributed by atoms with Crippen LogP contribution in [0.3, 0.4) is 0 Å². The molecule has 2 heterocycles. The Morgan fingerprint density at radius 1 is 1.30 bits per heavy atom. The van der Waals surface area contributed by atoms with Gasteiger partial charge in [0, 0.05) is 29.9 Å². The van der Waals surface area contributed by atoms with Crippen molar-refractivity contribution in [2.24, 2.45) is 5.73 Å². The topological polar surface area (TPSA) is 104 Å². The van der Waals surface area contributed by atoms with Crippen molar-refractivity contribution in [3.8, 4) is 0 Å². The first kappa shape index (κ1) is 19.9. The molecule has 0 saturated carbocycles. The van der Waals surface area contributed by atoms with E-state index in [1.165, 1.54) is 11.2 Å². The van der Waals surface area contributed by atoms with E-state index in [-0.39, 0.29) is 23.9 Å². The first-order valence-corrected chi connectivity index (χ1v) is 9.65. The van der Waals surface area contributed by atoms with Gasteiger partial charge in [-0.25, -0.2) is 14.4 Å².